The molecule has 1 nitrogen and oxygen atoms in total. The molecule has 0 saturated carbocycles. The van der Waals surface area contributed by atoms with Crippen molar-refractivity contribution >= 4 is 21.6 Å². The Morgan fingerprint density at radius 1 is 1.31 bits per heavy atom. The molecule has 0 spiro atoms. The predicted molar refractivity (Wildman–Crippen MR) is 51.1 cm³/mol. The average molecular weight is 248 g/mol. The van der Waals surface area contributed by atoms with Crippen LogP contribution in [0.2, 0.25) is 0 Å². The summed E-state index contributed by atoms with van der Waals surface area (Å²) in [4.78, 5) is -0.0838. The molecule has 1 unspecified atom stereocenters. The molecular formula is C9H8BrF2N. The Hall–Kier alpha value is -0.640. The number of hydrogen-bond acceptors (Lipinski definition) is 1. The third-order valence-corrected chi connectivity index (χ3v) is 3.07. The molecule has 1 aromatic rings. The number of halogens is 3. The van der Waals surface area contributed by atoms with Crippen LogP contribution >= 0.6 is 15.9 Å². The first-order chi connectivity index (χ1) is 6.20. The van der Waals surface area contributed by atoms with Crippen LogP contribution in [0.3, 0.4) is 0 Å². The molecule has 1 aliphatic rings. The van der Waals surface area contributed by atoms with Gasteiger partial charge in [-0.15, -0.1) is 0 Å². The molecule has 0 fully saturated rings. The first-order valence-corrected chi connectivity index (χ1v) is 4.97. The van der Waals surface area contributed by atoms with Gasteiger partial charge in [0, 0.05) is 16.9 Å². The molecule has 1 N–H and O–H groups in total. The summed E-state index contributed by atoms with van der Waals surface area (Å²) in [5.41, 5.74) is 0.708. The van der Waals surface area contributed by atoms with Crippen LogP contribution in [0, 0.1) is 11.6 Å². The highest BCUT2D eigenvalue weighted by molar-refractivity contribution is 9.09. The lowest BCUT2D eigenvalue weighted by molar-refractivity contribution is 0.576. The first kappa shape index (κ1) is 8.94. The Balaban J connectivity index is 2.60. The predicted octanol–water partition coefficient (Wildman–Crippen LogP) is 3.22. The van der Waals surface area contributed by atoms with Crippen LogP contribution < -0.4 is 5.32 Å². The second-order valence-corrected chi connectivity index (χ2v) is 4.11. The van der Waals surface area contributed by atoms with E-state index in [0.717, 1.165) is 18.6 Å². The van der Waals surface area contributed by atoms with Gasteiger partial charge in [0.1, 0.15) is 11.6 Å². The average Bonchev–Trinajstić information content (AvgIpc) is 2.12. The molecule has 0 saturated heterocycles. The Labute approximate surface area is 83.3 Å². The van der Waals surface area contributed by atoms with E-state index in [4.69, 9.17) is 0 Å². The zero-order valence-corrected chi connectivity index (χ0v) is 8.37. The second kappa shape index (κ2) is 3.25. The Morgan fingerprint density at radius 2 is 2.00 bits per heavy atom. The highest BCUT2D eigenvalue weighted by Crippen LogP contribution is 2.38. The molecule has 2 rings (SSSR count). The fourth-order valence-corrected chi connectivity index (χ4v) is 2.20. The van der Waals surface area contributed by atoms with Gasteiger partial charge in [-0.05, 0) is 18.6 Å². The zero-order chi connectivity index (χ0) is 9.42. The molecule has 0 aromatic heterocycles. The summed E-state index contributed by atoms with van der Waals surface area (Å²) in [6, 6.07) is 2.31. The van der Waals surface area contributed by atoms with Crippen molar-refractivity contribution in [2.75, 3.05) is 11.9 Å². The van der Waals surface area contributed by atoms with Crippen molar-refractivity contribution in [2.24, 2.45) is 0 Å². The summed E-state index contributed by atoms with van der Waals surface area (Å²) in [7, 11) is 0. The Bertz CT molecular complexity index is 341. The molecule has 0 amide bonds. The lowest BCUT2D eigenvalue weighted by Gasteiger charge is -2.23. The lowest BCUT2D eigenvalue weighted by Crippen LogP contribution is -2.16. The van der Waals surface area contributed by atoms with E-state index in [1.807, 2.05) is 0 Å². The second-order valence-electron chi connectivity index (χ2n) is 3.00. The molecule has 0 aliphatic carbocycles. The zero-order valence-electron chi connectivity index (χ0n) is 6.78. The van der Waals surface area contributed by atoms with E-state index < -0.39 is 0 Å². The summed E-state index contributed by atoms with van der Waals surface area (Å²) in [6.45, 7) is 0.670. The van der Waals surface area contributed by atoms with Gasteiger partial charge in [-0.25, -0.2) is 8.78 Å². The standard InChI is InChI=1S/C9H8BrF2N/c10-5-3-4-13-9-7(12)2-1-6(11)8(5)9/h1-2,5,13H,3-4H2. The fourth-order valence-electron chi connectivity index (χ4n) is 1.52. The van der Waals surface area contributed by atoms with E-state index in [9.17, 15) is 8.78 Å². The first-order valence-electron chi connectivity index (χ1n) is 4.06. The lowest BCUT2D eigenvalue weighted by atomic mass is 10.0. The van der Waals surface area contributed by atoms with Crippen LogP contribution in [-0.2, 0) is 0 Å². The van der Waals surface area contributed by atoms with Gasteiger partial charge in [-0.2, -0.15) is 0 Å². The van der Waals surface area contributed by atoms with Gasteiger partial charge in [-0.1, -0.05) is 15.9 Å². The van der Waals surface area contributed by atoms with Crippen LogP contribution in [0.1, 0.15) is 16.8 Å². The highest BCUT2D eigenvalue weighted by Gasteiger charge is 2.23. The van der Waals surface area contributed by atoms with Gasteiger partial charge in [0.2, 0.25) is 0 Å². The topological polar surface area (TPSA) is 12.0 Å². The van der Waals surface area contributed by atoms with Gasteiger partial charge < -0.3 is 5.32 Å². The summed E-state index contributed by atoms with van der Waals surface area (Å²) in [5, 5.41) is 2.86. The summed E-state index contributed by atoms with van der Waals surface area (Å²) < 4.78 is 26.4. The van der Waals surface area contributed by atoms with Crippen LogP contribution in [0.15, 0.2) is 12.1 Å². The van der Waals surface area contributed by atoms with Crippen molar-refractivity contribution in [2.45, 2.75) is 11.2 Å². The van der Waals surface area contributed by atoms with Crippen LogP contribution in [-0.4, -0.2) is 6.54 Å². The molecule has 70 valence electrons. The minimum absolute atomic E-state index is 0.0838. The third kappa shape index (κ3) is 1.43. The number of benzene rings is 1. The molecule has 0 radical (unpaired) electrons. The number of fused-ring (bicyclic) bond motifs is 1. The van der Waals surface area contributed by atoms with Crippen molar-refractivity contribution in [1.82, 2.24) is 0 Å². The van der Waals surface area contributed by atoms with E-state index in [0.29, 0.717) is 17.8 Å². The fraction of sp³-hybridized carbons (Fsp3) is 0.333. The van der Waals surface area contributed by atoms with Crippen molar-refractivity contribution in [3.05, 3.63) is 29.3 Å². The van der Waals surface area contributed by atoms with Gasteiger partial charge in [0.05, 0.1) is 5.69 Å². The maximum atomic E-state index is 13.3. The van der Waals surface area contributed by atoms with E-state index in [-0.39, 0.29) is 16.5 Å². The number of nitrogens with one attached hydrogen (secondary N) is 1. The van der Waals surface area contributed by atoms with E-state index in [1.165, 1.54) is 0 Å². The maximum Gasteiger partial charge on any atom is 0.146 e. The summed E-state index contributed by atoms with van der Waals surface area (Å²) >= 11 is 3.33. The highest BCUT2D eigenvalue weighted by atomic mass is 79.9. The molecule has 4 heteroatoms. The van der Waals surface area contributed by atoms with Crippen molar-refractivity contribution < 1.29 is 8.78 Å². The quantitative estimate of drug-likeness (QED) is 0.695. The monoisotopic (exact) mass is 247 g/mol. The number of hydrogen-bond donors (Lipinski definition) is 1. The van der Waals surface area contributed by atoms with E-state index in [1.54, 1.807) is 0 Å². The number of rotatable bonds is 0. The number of alkyl halides is 1. The van der Waals surface area contributed by atoms with Gasteiger partial charge in [0.25, 0.3) is 0 Å². The molecule has 1 heterocycles. The molecule has 0 bridgehead atoms. The van der Waals surface area contributed by atoms with Gasteiger partial charge in [-0.3, -0.25) is 0 Å². The molecular weight excluding hydrogens is 240 g/mol. The van der Waals surface area contributed by atoms with Crippen LogP contribution in [0.4, 0.5) is 14.5 Å². The summed E-state index contributed by atoms with van der Waals surface area (Å²) in [6.07, 6.45) is 0.771. The number of anilines is 1. The smallest absolute Gasteiger partial charge is 0.146 e. The molecule has 1 atom stereocenters. The Morgan fingerprint density at radius 3 is 2.69 bits per heavy atom. The van der Waals surface area contributed by atoms with Crippen molar-refractivity contribution in [1.29, 1.82) is 0 Å². The van der Waals surface area contributed by atoms with Crippen LogP contribution in [0.25, 0.3) is 0 Å². The SMILES string of the molecule is Fc1ccc(F)c2c1NCCC2Br. The molecule has 1 aliphatic heterocycles. The normalized spacial score (nSPS) is 20.7. The minimum atomic E-state index is -0.388. The summed E-state index contributed by atoms with van der Waals surface area (Å²) in [5.74, 6) is -0.744. The van der Waals surface area contributed by atoms with Crippen molar-refractivity contribution in [3.63, 3.8) is 0 Å². The van der Waals surface area contributed by atoms with Crippen LogP contribution in [0.5, 0.6) is 0 Å². The maximum absolute atomic E-state index is 13.3. The van der Waals surface area contributed by atoms with Gasteiger partial charge in [0.15, 0.2) is 0 Å². The largest absolute Gasteiger partial charge is 0.382 e. The molecule has 13 heavy (non-hydrogen) atoms. The minimum Gasteiger partial charge on any atom is -0.382 e. The Kier molecular flexibility index (Phi) is 2.24. The van der Waals surface area contributed by atoms with E-state index in [2.05, 4.69) is 21.2 Å². The van der Waals surface area contributed by atoms with E-state index >= 15 is 0 Å². The molecule has 1 aromatic carbocycles. The van der Waals surface area contributed by atoms with Gasteiger partial charge >= 0.3 is 0 Å². The van der Waals surface area contributed by atoms with Crippen molar-refractivity contribution in [3.8, 4) is 0 Å². The third-order valence-electron chi connectivity index (χ3n) is 2.15.